The first kappa shape index (κ1) is 30.4. The molecule has 12 heteroatoms. The van der Waals surface area contributed by atoms with Crippen LogP contribution in [0.1, 0.15) is 22.3 Å². The number of ether oxygens (including phenoxy) is 4. The quantitative estimate of drug-likeness (QED) is 0.166. The number of aliphatic hydroxyl groups is 8. The van der Waals surface area contributed by atoms with E-state index in [-0.39, 0.29) is 13.2 Å². The van der Waals surface area contributed by atoms with Crippen molar-refractivity contribution in [1.82, 2.24) is 0 Å². The van der Waals surface area contributed by atoms with Gasteiger partial charge in [0, 0.05) is 25.3 Å². The number of aliphatic hydroxyl groups excluding tert-OH is 8. The summed E-state index contributed by atoms with van der Waals surface area (Å²) in [6.07, 6.45) is -13.6. The van der Waals surface area contributed by atoms with E-state index in [1.54, 1.807) is 12.1 Å². The molecule has 10 atom stereocenters. The van der Waals surface area contributed by atoms with Gasteiger partial charge in [0.25, 0.3) is 0 Å². The molecule has 2 fully saturated rings. The summed E-state index contributed by atoms with van der Waals surface area (Å²) in [6, 6.07) is 3.37. The van der Waals surface area contributed by atoms with Gasteiger partial charge in [-0.05, 0) is 23.3 Å². The Kier molecular flexibility index (Phi) is 11.0. The molecule has 0 aliphatic carbocycles. The molecule has 8 N–H and O–H groups in total. The lowest BCUT2D eigenvalue weighted by molar-refractivity contribution is -0.214. The maximum atomic E-state index is 10.3. The highest BCUT2D eigenvalue weighted by Crippen LogP contribution is 2.24. The van der Waals surface area contributed by atoms with Gasteiger partial charge in [-0.15, -0.1) is 0 Å². The van der Waals surface area contributed by atoms with Crippen LogP contribution in [-0.4, -0.2) is 129 Å². The van der Waals surface area contributed by atoms with E-state index in [2.05, 4.69) is 23.7 Å². The molecule has 1 aromatic carbocycles. The highest BCUT2D eigenvalue weighted by Gasteiger charge is 2.43. The first-order valence-electron chi connectivity index (χ1n) is 11.9. The highest BCUT2D eigenvalue weighted by molar-refractivity contribution is 5.52. The topological polar surface area (TPSA) is 199 Å². The number of hydrogen-bond acceptors (Lipinski definition) is 12. The average Bonchev–Trinajstić information content (AvgIpc) is 2.91. The standard InChI is InChI=1S/C26H34O12/c1-35-11-15-7-14(4-6-18-22(30)26(34)24(32)20(10-28)38-18)16(12-36-2)8-13(15)3-5-17-21(29)25(33)23(31)19(9-27)37-17/h7-8,17-34H,9-12H2,1-2H3/t17-,18-,19-,20-,21-,22-,23-,24-,25-,26-/m1/s1. The molecule has 0 aromatic heterocycles. The molecule has 2 heterocycles. The van der Waals surface area contributed by atoms with Gasteiger partial charge in [-0.3, -0.25) is 0 Å². The molecule has 38 heavy (non-hydrogen) atoms. The molecule has 210 valence electrons. The maximum absolute atomic E-state index is 10.3. The minimum Gasteiger partial charge on any atom is -0.394 e. The Morgan fingerprint density at radius 2 is 1.00 bits per heavy atom. The predicted molar refractivity (Wildman–Crippen MR) is 129 cm³/mol. The molecule has 0 saturated carbocycles. The Morgan fingerprint density at radius 1 is 0.632 bits per heavy atom. The number of methoxy groups -OCH3 is 2. The molecule has 0 amide bonds. The third kappa shape index (κ3) is 6.70. The summed E-state index contributed by atoms with van der Waals surface area (Å²) in [6.45, 7) is -0.892. The van der Waals surface area contributed by atoms with Crippen LogP contribution in [0.5, 0.6) is 0 Å². The van der Waals surface area contributed by atoms with Gasteiger partial charge in [0.05, 0.1) is 26.4 Å². The predicted octanol–water partition coefficient (Wildman–Crippen LogP) is -3.63. The fraction of sp³-hybridized carbons (Fsp3) is 0.615. The van der Waals surface area contributed by atoms with Crippen molar-refractivity contribution in [3.63, 3.8) is 0 Å². The van der Waals surface area contributed by atoms with E-state index in [0.29, 0.717) is 22.3 Å². The van der Waals surface area contributed by atoms with Crippen molar-refractivity contribution in [1.29, 1.82) is 0 Å². The molecule has 3 rings (SSSR count). The van der Waals surface area contributed by atoms with Crippen LogP contribution in [0.4, 0.5) is 0 Å². The van der Waals surface area contributed by atoms with Gasteiger partial charge in [0.15, 0.2) is 0 Å². The Labute approximate surface area is 220 Å². The van der Waals surface area contributed by atoms with Gasteiger partial charge in [0.1, 0.15) is 61.0 Å². The van der Waals surface area contributed by atoms with Crippen molar-refractivity contribution in [3.8, 4) is 23.7 Å². The van der Waals surface area contributed by atoms with E-state index in [1.807, 2.05) is 0 Å². The van der Waals surface area contributed by atoms with E-state index in [0.717, 1.165) is 0 Å². The van der Waals surface area contributed by atoms with E-state index in [9.17, 15) is 40.9 Å². The summed E-state index contributed by atoms with van der Waals surface area (Å²) in [7, 11) is 2.97. The molecule has 2 aliphatic rings. The van der Waals surface area contributed by atoms with Crippen LogP contribution < -0.4 is 0 Å². The Morgan fingerprint density at radius 3 is 1.32 bits per heavy atom. The van der Waals surface area contributed by atoms with Crippen molar-refractivity contribution in [2.45, 2.75) is 74.3 Å². The van der Waals surface area contributed by atoms with E-state index >= 15 is 0 Å². The fourth-order valence-corrected chi connectivity index (χ4v) is 4.21. The molecule has 0 radical (unpaired) electrons. The van der Waals surface area contributed by atoms with Crippen LogP contribution in [0.15, 0.2) is 12.1 Å². The van der Waals surface area contributed by atoms with Crippen molar-refractivity contribution in [3.05, 3.63) is 34.4 Å². The minimum atomic E-state index is -1.55. The van der Waals surface area contributed by atoms with Gasteiger partial charge < -0.3 is 59.8 Å². The second-order valence-electron chi connectivity index (χ2n) is 9.07. The smallest absolute Gasteiger partial charge is 0.147 e. The monoisotopic (exact) mass is 538 g/mol. The molecule has 0 unspecified atom stereocenters. The van der Waals surface area contributed by atoms with Crippen molar-refractivity contribution in [2.24, 2.45) is 0 Å². The summed E-state index contributed by atoms with van der Waals surface area (Å²) < 4.78 is 21.5. The lowest BCUT2D eigenvalue weighted by Crippen LogP contribution is -2.58. The van der Waals surface area contributed by atoms with Crippen LogP contribution in [-0.2, 0) is 32.2 Å². The zero-order valence-corrected chi connectivity index (χ0v) is 21.0. The Bertz CT molecular complexity index is 968. The zero-order chi connectivity index (χ0) is 28.0. The van der Waals surface area contributed by atoms with Gasteiger partial charge in [-0.25, -0.2) is 0 Å². The third-order valence-electron chi connectivity index (χ3n) is 6.41. The van der Waals surface area contributed by atoms with Gasteiger partial charge >= 0.3 is 0 Å². The largest absolute Gasteiger partial charge is 0.394 e. The first-order chi connectivity index (χ1) is 18.2. The molecular formula is C26H34O12. The van der Waals surface area contributed by atoms with Gasteiger partial charge in [0.2, 0.25) is 0 Å². The summed E-state index contributed by atoms with van der Waals surface area (Å²) in [5, 5.41) is 79.3. The van der Waals surface area contributed by atoms with Crippen LogP contribution >= 0.6 is 0 Å². The second-order valence-corrected chi connectivity index (χ2v) is 9.07. The van der Waals surface area contributed by atoms with Crippen LogP contribution in [0.25, 0.3) is 0 Å². The van der Waals surface area contributed by atoms with Crippen molar-refractivity contribution in [2.75, 3.05) is 27.4 Å². The van der Waals surface area contributed by atoms with E-state index in [1.165, 1.54) is 14.2 Å². The zero-order valence-electron chi connectivity index (χ0n) is 21.0. The van der Waals surface area contributed by atoms with E-state index < -0.39 is 74.3 Å². The minimum absolute atomic E-state index is 0.126. The van der Waals surface area contributed by atoms with Crippen molar-refractivity contribution >= 4 is 0 Å². The lowest BCUT2D eigenvalue weighted by Gasteiger charge is -2.37. The summed E-state index contributed by atoms with van der Waals surface area (Å²) >= 11 is 0. The van der Waals surface area contributed by atoms with E-state index in [4.69, 9.17) is 18.9 Å². The number of hydrogen-bond donors (Lipinski definition) is 8. The highest BCUT2D eigenvalue weighted by atomic mass is 16.6. The Hall–Kier alpha value is -2.14. The molecule has 12 nitrogen and oxygen atoms in total. The fourth-order valence-electron chi connectivity index (χ4n) is 4.21. The summed E-state index contributed by atoms with van der Waals surface area (Å²) in [5.74, 6) is 11.3. The second kappa shape index (κ2) is 13.8. The molecule has 0 spiro atoms. The van der Waals surface area contributed by atoms with Gasteiger partial charge in [-0.2, -0.15) is 0 Å². The molecule has 0 bridgehead atoms. The van der Waals surface area contributed by atoms with Crippen LogP contribution in [0, 0.1) is 23.7 Å². The number of benzene rings is 1. The molecule has 1 aromatic rings. The molecule has 2 saturated heterocycles. The number of rotatable bonds is 6. The van der Waals surface area contributed by atoms with Crippen LogP contribution in [0.3, 0.4) is 0 Å². The Balaban J connectivity index is 1.95. The molecular weight excluding hydrogens is 504 g/mol. The average molecular weight is 539 g/mol. The van der Waals surface area contributed by atoms with Crippen LogP contribution in [0.2, 0.25) is 0 Å². The maximum Gasteiger partial charge on any atom is 0.147 e. The van der Waals surface area contributed by atoms with Gasteiger partial charge in [-0.1, -0.05) is 23.7 Å². The lowest BCUT2D eigenvalue weighted by atomic mass is 9.94. The normalized spacial score (nSPS) is 35.1. The molecule has 2 aliphatic heterocycles. The van der Waals surface area contributed by atoms with Crippen molar-refractivity contribution < 1.29 is 59.8 Å². The SMILES string of the molecule is COCc1cc(C#C[C@H]2O[C@H](CO)[C@@H](O)[C@H](O)[C@@H]2O)c(COC)cc1C#C[C@H]1O[C@H](CO)[C@@H](O)[C@H](O)[C@@H]1O. The summed E-state index contributed by atoms with van der Waals surface area (Å²) in [4.78, 5) is 0. The first-order valence-corrected chi connectivity index (χ1v) is 11.9. The third-order valence-corrected chi connectivity index (χ3v) is 6.41. The summed E-state index contributed by atoms with van der Waals surface area (Å²) in [5.41, 5.74) is 2.16.